The van der Waals surface area contributed by atoms with Crippen molar-refractivity contribution in [2.45, 2.75) is 26.3 Å². The highest BCUT2D eigenvalue weighted by Gasteiger charge is 2.14. The minimum atomic E-state index is -0.215. The molecule has 1 N–H and O–H groups in total. The fourth-order valence-corrected chi connectivity index (χ4v) is 3.11. The van der Waals surface area contributed by atoms with Crippen LogP contribution in [0.25, 0.3) is 11.4 Å². The van der Waals surface area contributed by atoms with Gasteiger partial charge >= 0.3 is 0 Å². The van der Waals surface area contributed by atoms with Gasteiger partial charge in [0.15, 0.2) is 0 Å². The zero-order valence-electron chi connectivity index (χ0n) is 16.8. The summed E-state index contributed by atoms with van der Waals surface area (Å²) in [5, 5.41) is 0. The number of pyridine rings is 1. The standard InChI is InChI=1S/C22H24N4O3/c1-15-19(22(28)25-21(24-15)17-9-11-23-12-10-17)7-8-20(27)26(2)14-16-5-4-6-18(13-16)29-3/h4-6,9-13H,7-8,14H2,1-3H3,(H,24,25,28). The molecule has 7 heteroatoms. The lowest BCUT2D eigenvalue weighted by Crippen LogP contribution is -2.27. The highest BCUT2D eigenvalue weighted by molar-refractivity contribution is 5.76. The fraction of sp³-hybridized carbons (Fsp3) is 0.273. The minimum absolute atomic E-state index is 0.0372. The number of hydrogen-bond acceptors (Lipinski definition) is 5. The van der Waals surface area contributed by atoms with Gasteiger partial charge in [-0.3, -0.25) is 14.6 Å². The first-order chi connectivity index (χ1) is 14.0. The molecule has 0 aliphatic rings. The highest BCUT2D eigenvalue weighted by Crippen LogP contribution is 2.16. The van der Waals surface area contributed by atoms with Gasteiger partial charge in [0, 0.05) is 49.2 Å². The monoisotopic (exact) mass is 392 g/mol. The molecule has 3 aromatic rings. The molecule has 0 unspecified atom stereocenters. The molecule has 0 aliphatic carbocycles. The molecular formula is C22H24N4O3. The van der Waals surface area contributed by atoms with Crippen LogP contribution >= 0.6 is 0 Å². The van der Waals surface area contributed by atoms with Gasteiger partial charge in [0.2, 0.25) is 5.91 Å². The lowest BCUT2D eigenvalue weighted by atomic mass is 10.1. The number of aromatic nitrogens is 3. The normalized spacial score (nSPS) is 10.6. The molecule has 0 spiro atoms. The molecule has 0 atom stereocenters. The number of amides is 1. The Labute approximate surface area is 169 Å². The van der Waals surface area contributed by atoms with Gasteiger partial charge in [0.1, 0.15) is 11.6 Å². The Morgan fingerprint density at radius 2 is 1.97 bits per heavy atom. The molecule has 0 saturated carbocycles. The van der Waals surface area contributed by atoms with E-state index in [1.165, 1.54) is 0 Å². The number of rotatable bonds is 7. The Bertz CT molecular complexity index is 1050. The molecule has 1 aromatic carbocycles. The summed E-state index contributed by atoms with van der Waals surface area (Å²) >= 11 is 0. The van der Waals surface area contributed by atoms with Crippen LogP contribution in [-0.2, 0) is 17.8 Å². The van der Waals surface area contributed by atoms with E-state index in [0.29, 0.717) is 30.0 Å². The minimum Gasteiger partial charge on any atom is -0.497 e. The van der Waals surface area contributed by atoms with Crippen molar-refractivity contribution in [2.75, 3.05) is 14.2 Å². The number of benzene rings is 1. The van der Waals surface area contributed by atoms with Gasteiger partial charge in [-0.05, 0) is 43.2 Å². The molecule has 2 aromatic heterocycles. The first kappa shape index (κ1) is 20.3. The first-order valence-corrected chi connectivity index (χ1v) is 9.35. The van der Waals surface area contributed by atoms with Crippen LogP contribution in [0.1, 0.15) is 23.2 Å². The van der Waals surface area contributed by atoms with E-state index in [0.717, 1.165) is 16.9 Å². The Morgan fingerprint density at radius 3 is 2.66 bits per heavy atom. The van der Waals surface area contributed by atoms with Crippen LogP contribution in [0.4, 0.5) is 0 Å². The van der Waals surface area contributed by atoms with Gasteiger partial charge in [-0.1, -0.05) is 12.1 Å². The average molecular weight is 392 g/mol. The van der Waals surface area contributed by atoms with E-state index in [-0.39, 0.29) is 17.9 Å². The van der Waals surface area contributed by atoms with E-state index >= 15 is 0 Å². The molecule has 0 radical (unpaired) electrons. The predicted molar refractivity (Wildman–Crippen MR) is 111 cm³/mol. The number of hydrogen-bond donors (Lipinski definition) is 1. The molecular weight excluding hydrogens is 368 g/mol. The van der Waals surface area contributed by atoms with Gasteiger partial charge in [-0.2, -0.15) is 0 Å². The molecule has 7 nitrogen and oxygen atoms in total. The maximum absolute atomic E-state index is 12.5. The predicted octanol–water partition coefficient (Wildman–Crippen LogP) is 2.74. The molecule has 0 bridgehead atoms. The fourth-order valence-electron chi connectivity index (χ4n) is 3.11. The quantitative estimate of drug-likeness (QED) is 0.668. The zero-order chi connectivity index (χ0) is 20.8. The van der Waals surface area contributed by atoms with Crippen molar-refractivity contribution < 1.29 is 9.53 Å². The lowest BCUT2D eigenvalue weighted by Gasteiger charge is -2.18. The van der Waals surface area contributed by atoms with E-state index in [4.69, 9.17) is 4.74 Å². The number of carbonyl (C=O) groups excluding carboxylic acids is 1. The number of carbonyl (C=O) groups is 1. The van der Waals surface area contributed by atoms with Crippen LogP contribution in [0.5, 0.6) is 5.75 Å². The maximum Gasteiger partial charge on any atom is 0.254 e. The topological polar surface area (TPSA) is 88.2 Å². The van der Waals surface area contributed by atoms with Crippen molar-refractivity contribution in [2.24, 2.45) is 0 Å². The molecule has 0 aliphatic heterocycles. The Balaban J connectivity index is 1.66. The van der Waals surface area contributed by atoms with Crippen LogP contribution in [-0.4, -0.2) is 39.9 Å². The van der Waals surface area contributed by atoms with E-state index < -0.39 is 0 Å². The first-order valence-electron chi connectivity index (χ1n) is 9.35. The molecule has 0 fully saturated rings. The Morgan fingerprint density at radius 1 is 1.21 bits per heavy atom. The zero-order valence-corrected chi connectivity index (χ0v) is 16.8. The summed E-state index contributed by atoms with van der Waals surface area (Å²) in [6.45, 7) is 2.27. The molecule has 3 rings (SSSR count). The summed E-state index contributed by atoms with van der Waals surface area (Å²) < 4.78 is 5.22. The van der Waals surface area contributed by atoms with Gasteiger partial charge in [-0.25, -0.2) is 4.98 Å². The van der Waals surface area contributed by atoms with Crippen molar-refractivity contribution in [3.8, 4) is 17.1 Å². The largest absolute Gasteiger partial charge is 0.497 e. The van der Waals surface area contributed by atoms with E-state index in [1.54, 1.807) is 50.5 Å². The summed E-state index contributed by atoms with van der Waals surface area (Å²) in [5.41, 5.74) is 2.72. The summed E-state index contributed by atoms with van der Waals surface area (Å²) in [5.74, 6) is 1.22. The number of aromatic amines is 1. The van der Waals surface area contributed by atoms with Crippen molar-refractivity contribution in [3.63, 3.8) is 0 Å². The van der Waals surface area contributed by atoms with Gasteiger partial charge in [0.05, 0.1) is 7.11 Å². The van der Waals surface area contributed by atoms with Crippen LogP contribution in [0.3, 0.4) is 0 Å². The second kappa shape index (κ2) is 9.14. The number of methoxy groups -OCH3 is 1. The number of aryl methyl sites for hydroxylation is 1. The third kappa shape index (κ3) is 5.07. The van der Waals surface area contributed by atoms with Crippen LogP contribution in [0.2, 0.25) is 0 Å². The summed E-state index contributed by atoms with van der Waals surface area (Å²) in [4.78, 5) is 38.0. The third-order valence-electron chi connectivity index (χ3n) is 4.74. The molecule has 1 amide bonds. The molecule has 0 saturated heterocycles. The van der Waals surface area contributed by atoms with Crippen molar-refractivity contribution in [3.05, 3.63) is 76.0 Å². The smallest absolute Gasteiger partial charge is 0.254 e. The molecule has 29 heavy (non-hydrogen) atoms. The van der Waals surface area contributed by atoms with E-state index in [2.05, 4.69) is 15.0 Å². The maximum atomic E-state index is 12.5. The Hall–Kier alpha value is -3.48. The number of nitrogens with zero attached hydrogens (tertiary/aromatic N) is 3. The molecule has 2 heterocycles. The van der Waals surface area contributed by atoms with Gasteiger partial charge < -0.3 is 14.6 Å². The number of H-pyrrole nitrogens is 1. The Kier molecular flexibility index (Phi) is 6.39. The van der Waals surface area contributed by atoms with Crippen molar-refractivity contribution >= 4 is 5.91 Å². The summed E-state index contributed by atoms with van der Waals surface area (Å²) in [6.07, 6.45) is 3.87. The van der Waals surface area contributed by atoms with Gasteiger partial charge in [-0.15, -0.1) is 0 Å². The van der Waals surface area contributed by atoms with Crippen molar-refractivity contribution in [1.29, 1.82) is 0 Å². The number of ether oxygens (including phenoxy) is 1. The average Bonchev–Trinajstić information content (AvgIpc) is 2.73. The summed E-state index contributed by atoms with van der Waals surface area (Å²) in [7, 11) is 3.37. The summed E-state index contributed by atoms with van der Waals surface area (Å²) in [6, 6.07) is 11.2. The SMILES string of the molecule is COc1cccc(CN(C)C(=O)CCc2c(C)nc(-c3ccncc3)[nH]c2=O)c1. The lowest BCUT2D eigenvalue weighted by molar-refractivity contribution is -0.130. The molecule has 150 valence electrons. The van der Waals surface area contributed by atoms with E-state index in [9.17, 15) is 9.59 Å². The number of nitrogens with one attached hydrogen (secondary N) is 1. The van der Waals surface area contributed by atoms with E-state index in [1.807, 2.05) is 24.3 Å². The van der Waals surface area contributed by atoms with Crippen LogP contribution in [0, 0.1) is 6.92 Å². The highest BCUT2D eigenvalue weighted by atomic mass is 16.5. The van der Waals surface area contributed by atoms with Crippen LogP contribution in [0.15, 0.2) is 53.6 Å². The second-order valence-corrected chi connectivity index (χ2v) is 6.82. The second-order valence-electron chi connectivity index (χ2n) is 6.82. The van der Waals surface area contributed by atoms with Crippen LogP contribution < -0.4 is 10.3 Å². The third-order valence-corrected chi connectivity index (χ3v) is 4.74. The van der Waals surface area contributed by atoms with Gasteiger partial charge in [0.25, 0.3) is 5.56 Å². The van der Waals surface area contributed by atoms with Crippen molar-refractivity contribution in [1.82, 2.24) is 19.9 Å².